The molecule has 0 saturated carbocycles. The highest BCUT2D eigenvalue weighted by atomic mass is 35.5. The molecule has 1 aliphatic heterocycles. The summed E-state index contributed by atoms with van der Waals surface area (Å²) in [7, 11) is 0. The minimum Gasteiger partial charge on any atom is -0.379 e. The van der Waals surface area contributed by atoms with Gasteiger partial charge in [-0.25, -0.2) is 10.1 Å². The summed E-state index contributed by atoms with van der Waals surface area (Å²) in [5.74, 6) is 0. The smallest absolute Gasteiger partial charge is 0.183 e. The zero-order chi connectivity index (χ0) is 9.97. The van der Waals surface area contributed by atoms with Gasteiger partial charge in [-0.15, -0.1) is 11.3 Å². The molecule has 1 atom stereocenters. The Morgan fingerprint density at radius 3 is 2.86 bits per heavy atom. The number of nitrogens with zero attached hydrogens (tertiary/aromatic N) is 2. The first-order valence-corrected chi connectivity index (χ1v) is 5.55. The van der Waals surface area contributed by atoms with Crippen molar-refractivity contribution in [2.45, 2.75) is 6.23 Å². The van der Waals surface area contributed by atoms with Gasteiger partial charge in [0.2, 0.25) is 0 Å². The summed E-state index contributed by atoms with van der Waals surface area (Å²) in [6.07, 6.45) is 0.712. The van der Waals surface area contributed by atoms with E-state index in [9.17, 15) is 5.11 Å². The molecule has 0 aromatic carbocycles. The van der Waals surface area contributed by atoms with Gasteiger partial charge in [0.1, 0.15) is 0 Å². The third kappa shape index (κ3) is 2.24. The van der Waals surface area contributed by atoms with Crippen molar-refractivity contribution in [1.29, 1.82) is 0 Å². The van der Waals surface area contributed by atoms with E-state index in [0.29, 0.717) is 35.6 Å². The number of hydrogen-bond acceptors (Lipinski definition) is 4. The lowest BCUT2D eigenvalue weighted by Crippen LogP contribution is -2.38. The SMILES string of the molecule is [O]C(c1cnc(Cl)s1)N1CCOCC1. The van der Waals surface area contributed by atoms with Crippen molar-refractivity contribution < 1.29 is 9.84 Å². The molecule has 1 aromatic heterocycles. The van der Waals surface area contributed by atoms with E-state index in [4.69, 9.17) is 16.3 Å². The number of thiazole rings is 1. The summed E-state index contributed by atoms with van der Waals surface area (Å²) in [6.45, 7) is 2.63. The fourth-order valence-corrected chi connectivity index (χ4v) is 2.34. The first-order valence-electron chi connectivity index (χ1n) is 4.36. The van der Waals surface area contributed by atoms with E-state index >= 15 is 0 Å². The molecule has 1 aromatic rings. The van der Waals surface area contributed by atoms with Gasteiger partial charge in [0.25, 0.3) is 0 Å². The van der Waals surface area contributed by atoms with E-state index in [0.717, 1.165) is 0 Å². The van der Waals surface area contributed by atoms with Crippen LogP contribution < -0.4 is 0 Å². The summed E-state index contributed by atoms with van der Waals surface area (Å²) < 4.78 is 5.60. The molecule has 0 aliphatic carbocycles. The van der Waals surface area contributed by atoms with Gasteiger partial charge in [0, 0.05) is 19.3 Å². The minimum atomic E-state index is -0.844. The molecule has 2 heterocycles. The number of rotatable bonds is 2. The van der Waals surface area contributed by atoms with E-state index in [2.05, 4.69) is 4.98 Å². The molecule has 77 valence electrons. The van der Waals surface area contributed by atoms with Crippen LogP contribution in [0.15, 0.2) is 6.20 Å². The molecule has 0 N–H and O–H groups in total. The third-order valence-corrected chi connectivity index (χ3v) is 3.26. The number of aromatic nitrogens is 1. The molecule has 1 radical (unpaired) electrons. The quantitative estimate of drug-likeness (QED) is 0.779. The molecular weight excluding hydrogens is 224 g/mol. The van der Waals surface area contributed by atoms with Crippen molar-refractivity contribution in [3.05, 3.63) is 15.5 Å². The molecule has 1 saturated heterocycles. The second-order valence-corrected chi connectivity index (χ2v) is 4.66. The van der Waals surface area contributed by atoms with E-state index in [1.165, 1.54) is 11.3 Å². The van der Waals surface area contributed by atoms with Crippen molar-refractivity contribution in [2.75, 3.05) is 26.3 Å². The Balaban J connectivity index is 2.03. The minimum absolute atomic E-state index is 0.425. The topological polar surface area (TPSA) is 45.3 Å². The van der Waals surface area contributed by atoms with E-state index in [1.54, 1.807) is 6.20 Å². The summed E-state index contributed by atoms with van der Waals surface area (Å²) in [6, 6.07) is 0. The van der Waals surface area contributed by atoms with Gasteiger partial charge in [0.15, 0.2) is 10.7 Å². The van der Waals surface area contributed by atoms with Crippen molar-refractivity contribution in [2.24, 2.45) is 0 Å². The Kier molecular flexibility index (Phi) is 3.35. The number of morpholine rings is 1. The molecular formula is C8H10ClN2O2S. The molecule has 1 unspecified atom stereocenters. The van der Waals surface area contributed by atoms with Gasteiger partial charge in [-0.2, -0.15) is 0 Å². The van der Waals surface area contributed by atoms with Crippen LogP contribution in [0.3, 0.4) is 0 Å². The summed E-state index contributed by atoms with van der Waals surface area (Å²) in [5, 5.41) is 11.9. The highest BCUT2D eigenvalue weighted by Crippen LogP contribution is 2.27. The summed E-state index contributed by atoms with van der Waals surface area (Å²) >= 11 is 6.92. The lowest BCUT2D eigenvalue weighted by atomic mass is 10.3. The molecule has 4 nitrogen and oxygen atoms in total. The van der Waals surface area contributed by atoms with Gasteiger partial charge < -0.3 is 4.74 Å². The number of ether oxygens (including phenoxy) is 1. The van der Waals surface area contributed by atoms with Crippen molar-refractivity contribution in [3.63, 3.8) is 0 Å². The maximum Gasteiger partial charge on any atom is 0.183 e. The van der Waals surface area contributed by atoms with Gasteiger partial charge in [0.05, 0.1) is 18.1 Å². The molecule has 14 heavy (non-hydrogen) atoms. The predicted octanol–water partition coefficient (Wildman–Crippen LogP) is 1.56. The fourth-order valence-electron chi connectivity index (χ4n) is 1.37. The van der Waals surface area contributed by atoms with Crippen LogP contribution in [-0.2, 0) is 9.84 Å². The Bertz CT molecular complexity index is 301. The molecule has 0 bridgehead atoms. The molecule has 0 amide bonds. The molecule has 1 fully saturated rings. The fraction of sp³-hybridized carbons (Fsp3) is 0.625. The van der Waals surface area contributed by atoms with Crippen LogP contribution in [0.25, 0.3) is 0 Å². The second-order valence-electron chi connectivity index (χ2n) is 3.02. The summed E-state index contributed by atoms with van der Waals surface area (Å²) in [5.41, 5.74) is 0. The van der Waals surface area contributed by atoms with Crippen LogP contribution in [0, 0.1) is 0 Å². The van der Waals surface area contributed by atoms with Crippen LogP contribution in [0.5, 0.6) is 0 Å². The highest BCUT2D eigenvalue weighted by Gasteiger charge is 2.23. The molecule has 0 spiro atoms. The van der Waals surface area contributed by atoms with Crippen LogP contribution in [0.4, 0.5) is 0 Å². The molecule has 6 heteroatoms. The first kappa shape index (κ1) is 10.3. The normalized spacial score (nSPS) is 21.0. The monoisotopic (exact) mass is 233 g/mol. The third-order valence-electron chi connectivity index (χ3n) is 2.12. The Morgan fingerprint density at radius 1 is 1.57 bits per heavy atom. The van der Waals surface area contributed by atoms with E-state index in [-0.39, 0.29) is 0 Å². The zero-order valence-electron chi connectivity index (χ0n) is 7.48. The van der Waals surface area contributed by atoms with Gasteiger partial charge in [-0.3, -0.25) is 4.90 Å². The van der Waals surface area contributed by atoms with Crippen LogP contribution in [-0.4, -0.2) is 36.2 Å². The Hall–Kier alpha value is -0.200. The first-order chi connectivity index (χ1) is 6.77. The van der Waals surface area contributed by atoms with Crippen LogP contribution in [0.2, 0.25) is 4.47 Å². The van der Waals surface area contributed by atoms with E-state index < -0.39 is 6.23 Å². The lowest BCUT2D eigenvalue weighted by Gasteiger charge is -2.28. The lowest BCUT2D eigenvalue weighted by molar-refractivity contribution is -0.0920. The highest BCUT2D eigenvalue weighted by molar-refractivity contribution is 7.15. The number of hydrogen-bond donors (Lipinski definition) is 0. The van der Waals surface area contributed by atoms with E-state index in [1.807, 2.05) is 4.90 Å². The molecule has 1 aliphatic rings. The average molecular weight is 234 g/mol. The number of halogens is 1. The predicted molar refractivity (Wildman–Crippen MR) is 52.9 cm³/mol. The second kappa shape index (κ2) is 4.55. The van der Waals surface area contributed by atoms with Gasteiger partial charge >= 0.3 is 0 Å². The molecule has 2 rings (SSSR count). The van der Waals surface area contributed by atoms with Crippen molar-refractivity contribution >= 4 is 22.9 Å². The average Bonchev–Trinajstić information content (AvgIpc) is 2.65. The Morgan fingerprint density at radius 2 is 2.29 bits per heavy atom. The maximum atomic E-state index is 11.9. The maximum absolute atomic E-state index is 11.9. The van der Waals surface area contributed by atoms with Gasteiger partial charge in [-0.1, -0.05) is 11.6 Å². The van der Waals surface area contributed by atoms with Crippen LogP contribution in [0.1, 0.15) is 11.1 Å². The standard InChI is InChI=1S/C8H10ClN2O2S/c9-8-10-5-6(14-8)7(12)11-1-3-13-4-2-11/h5,7H,1-4H2. The van der Waals surface area contributed by atoms with Gasteiger partial charge in [-0.05, 0) is 0 Å². The zero-order valence-corrected chi connectivity index (χ0v) is 9.05. The largest absolute Gasteiger partial charge is 0.379 e. The van der Waals surface area contributed by atoms with Crippen molar-refractivity contribution in [3.8, 4) is 0 Å². The Labute approximate surface area is 91.1 Å². The summed E-state index contributed by atoms with van der Waals surface area (Å²) in [4.78, 5) is 6.38. The van der Waals surface area contributed by atoms with Crippen LogP contribution >= 0.6 is 22.9 Å². The van der Waals surface area contributed by atoms with Crippen molar-refractivity contribution in [1.82, 2.24) is 9.88 Å².